The van der Waals surface area contributed by atoms with Crippen LogP contribution in [-0.2, 0) is 6.54 Å². The number of carbonyl (C=O) groups excluding carboxylic acids is 2. The Labute approximate surface area is 214 Å². The number of aldehydes is 1. The molecule has 0 saturated heterocycles. The van der Waals surface area contributed by atoms with Gasteiger partial charge in [-0.25, -0.2) is 13.2 Å². The predicted molar refractivity (Wildman–Crippen MR) is 134 cm³/mol. The Morgan fingerprint density at radius 1 is 1.19 bits per heavy atom. The van der Waals surface area contributed by atoms with Gasteiger partial charge < -0.3 is 24.8 Å². The highest BCUT2D eigenvalue weighted by Gasteiger charge is 2.29. The normalized spacial score (nSPS) is 12.8. The number of rotatable bonds is 12. The first-order valence-corrected chi connectivity index (χ1v) is 11.7. The van der Waals surface area contributed by atoms with Gasteiger partial charge in [-0.1, -0.05) is 19.9 Å². The van der Waals surface area contributed by atoms with Gasteiger partial charge in [-0.05, 0) is 26.4 Å². The molecule has 1 amide bonds. The number of halogens is 3. The molecule has 202 valence electrons. The van der Waals surface area contributed by atoms with Crippen LogP contribution in [-0.4, -0.2) is 66.4 Å². The van der Waals surface area contributed by atoms with E-state index in [0.29, 0.717) is 37.8 Å². The SMILES string of the molecule is C=C(CC(CC)C(CN(C)C)n1cc(C(=O)NCc2c(F)cc(F)cc2F)c(=O)c(O)c1C=O)N(C)C. The lowest BCUT2D eigenvalue weighted by Crippen LogP contribution is -2.36. The Bertz CT molecular complexity index is 1200. The van der Waals surface area contributed by atoms with E-state index in [0.717, 1.165) is 5.70 Å². The van der Waals surface area contributed by atoms with Crippen molar-refractivity contribution in [3.05, 3.63) is 75.1 Å². The molecule has 8 nitrogen and oxygen atoms in total. The molecule has 0 radical (unpaired) electrons. The van der Waals surface area contributed by atoms with Crippen molar-refractivity contribution in [2.75, 3.05) is 34.7 Å². The average Bonchev–Trinajstić information content (AvgIpc) is 2.81. The molecule has 2 rings (SSSR count). The minimum Gasteiger partial charge on any atom is -0.503 e. The Hall–Kier alpha value is -3.60. The van der Waals surface area contributed by atoms with Crippen LogP contribution in [0.2, 0.25) is 0 Å². The summed E-state index contributed by atoms with van der Waals surface area (Å²) in [6.07, 6.45) is 2.71. The number of carbonyl (C=O) groups is 2. The fourth-order valence-electron chi connectivity index (χ4n) is 4.07. The third-order valence-corrected chi connectivity index (χ3v) is 6.24. The zero-order chi connectivity index (χ0) is 28.0. The van der Waals surface area contributed by atoms with E-state index < -0.39 is 58.3 Å². The molecule has 0 fully saturated rings. The zero-order valence-corrected chi connectivity index (χ0v) is 21.6. The Morgan fingerprint density at radius 3 is 2.27 bits per heavy atom. The maximum atomic E-state index is 14.0. The third kappa shape index (κ3) is 7.00. The van der Waals surface area contributed by atoms with Gasteiger partial charge in [-0.2, -0.15) is 0 Å². The number of likely N-dealkylation sites (N-methyl/N-ethyl adjacent to an activating group) is 1. The van der Waals surface area contributed by atoms with Gasteiger partial charge >= 0.3 is 0 Å². The summed E-state index contributed by atoms with van der Waals surface area (Å²) in [6, 6.07) is 0.489. The predicted octanol–water partition coefficient (Wildman–Crippen LogP) is 3.31. The lowest BCUT2D eigenvalue weighted by molar-refractivity contribution is 0.0945. The second-order valence-electron chi connectivity index (χ2n) is 9.32. The molecule has 37 heavy (non-hydrogen) atoms. The number of benzene rings is 1. The number of aromatic nitrogens is 1. The molecule has 2 atom stereocenters. The molecule has 0 aliphatic rings. The van der Waals surface area contributed by atoms with Crippen molar-refractivity contribution in [3.63, 3.8) is 0 Å². The molecule has 2 N–H and O–H groups in total. The Kier molecular flexibility index (Phi) is 10.1. The number of allylic oxidation sites excluding steroid dienone is 1. The molecule has 0 bridgehead atoms. The summed E-state index contributed by atoms with van der Waals surface area (Å²) >= 11 is 0. The summed E-state index contributed by atoms with van der Waals surface area (Å²) in [5.41, 5.74) is -1.68. The van der Waals surface area contributed by atoms with Crippen LogP contribution in [0.5, 0.6) is 5.75 Å². The molecule has 11 heteroatoms. The van der Waals surface area contributed by atoms with Crippen LogP contribution in [0, 0.1) is 23.4 Å². The van der Waals surface area contributed by atoms with Crippen molar-refractivity contribution < 1.29 is 27.9 Å². The molecular weight excluding hydrogens is 489 g/mol. The summed E-state index contributed by atoms with van der Waals surface area (Å²) in [5, 5.41) is 12.8. The molecule has 0 aliphatic heterocycles. The lowest BCUT2D eigenvalue weighted by atomic mass is 9.90. The highest BCUT2D eigenvalue weighted by Crippen LogP contribution is 2.31. The topological polar surface area (TPSA) is 94.9 Å². The van der Waals surface area contributed by atoms with Gasteiger partial charge in [0, 0.05) is 62.8 Å². The number of aromatic hydroxyl groups is 1. The second-order valence-corrected chi connectivity index (χ2v) is 9.32. The number of pyridine rings is 1. The van der Waals surface area contributed by atoms with E-state index >= 15 is 0 Å². The van der Waals surface area contributed by atoms with Crippen molar-refractivity contribution in [2.45, 2.75) is 32.4 Å². The molecular formula is C26H33F3N4O4. The first-order chi connectivity index (χ1) is 17.3. The molecule has 2 unspecified atom stereocenters. The van der Waals surface area contributed by atoms with Crippen molar-refractivity contribution in [1.29, 1.82) is 0 Å². The minimum absolute atomic E-state index is 0.101. The van der Waals surface area contributed by atoms with E-state index in [4.69, 9.17) is 0 Å². The number of hydrogen-bond acceptors (Lipinski definition) is 6. The van der Waals surface area contributed by atoms with Crippen LogP contribution >= 0.6 is 0 Å². The molecule has 0 saturated carbocycles. The van der Waals surface area contributed by atoms with Crippen LogP contribution in [0.25, 0.3) is 0 Å². The number of hydrogen-bond donors (Lipinski definition) is 2. The Morgan fingerprint density at radius 2 is 1.78 bits per heavy atom. The van der Waals surface area contributed by atoms with E-state index in [1.807, 2.05) is 44.9 Å². The van der Waals surface area contributed by atoms with Gasteiger partial charge in [0.15, 0.2) is 12.0 Å². The first kappa shape index (κ1) is 29.6. The van der Waals surface area contributed by atoms with Crippen LogP contribution in [0.15, 0.2) is 35.4 Å². The summed E-state index contributed by atoms with van der Waals surface area (Å²) < 4.78 is 42.6. The molecule has 0 spiro atoms. The largest absolute Gasteiger partial charge is 0.503 e. The molecule has 1 aromatic carbocycles. The van der Waals surface area contributed by atoms with Crippen LogP contribution in [0.3, 0.4) is 0 Å². The van der Waals surface area contributed by atoms with Crippen molar-refractivity contribution in [1.82, 2.24) is 19.7 Å². The molecule has 0 aliphatic carbocycles. The third-order valence-electron chi connectivity index (χ3n) is 6.24. The van der Waals surface area contributed by atoms with Crippen LogP contribution in [0.1, 0.15) is 52.2 Å². The van der Waals surface area contributed by atoms with Gasteiger partial charge in [0.05, 0.1) is 0 Å². The van der Waals surface area contributed by atoms with Crippen molar-refractivity contribution in [3.8, 4) is 5.75 Å². The fraction of sp³-hybridized carbons (Fsp3) is 0.423. The van der Waals surface area contributed by atoms with E-state index in [-0.39, 0.29) is 11.6 Å². The quantitative estimate of drug-likeness (QED) is 0.416. The number of nitrogens with one attached hydrogen (secondary N) is 1. The summed E-state index contributed by atoms with van der Waals surface area (Å²) in [7, 11) is 7.35. The minimum atomic E-state index is -1.20. The molecule has 1 heterocycles. The highest BCUT2D eigenvalue weighted by atomic mass is 19.1. The second kappa shape index (κ2) is 12.6. The maximum Gasteiger partial charge on any atom is 0.257 e. The van der Waals surface area contributed by atoms with Gasteiger partial charge in [0.1, 0.15) is 28.7 Å². The van der Waals surface area contributed by atoms with Gasteiger partial charge in [-0.3, -0.25) is 14.4 Å². The van der Waals surface area contributed by atoms with Gasteiger partial charge in [0.25, 0.3) is 5.91 Å². The summed E-state index contributed by atoms with van der Waals surface area (Å²) in [6.45, 7) is 5.76. The average molecular weight is 523 g/mol. The van der Waals surface area contributed by atoms with Crippen molar-refractivity contribution >= 4 is 12.2 Å². The van der Waals surface area contributed by atoms with Crippen LogP contribution < -0.4 is 10.7 Å². The van der Waals surface area contributed by atoms with Gasteiger partial charge in [0.2, 0.25) is 5.43 Å². The maximum absolute atomic E-state index is 14.0. The molecule has 1 aromatic heterocycles. The summed E-state index contributed by atoms with van der Waals surface area (Å²) in [4.78, 5) is 41.4. The van der Waals surface area contributed by atoms with Crippen LogP contribution in [0.4, 0.5) is 13.2 Å². The van der Waals surface area contributed by atoms with Crippen molar-refractivity contribution in [2.24, 2.45) is 5.92 Å². The Balaban J connectivity index is 2.55. The van der Waals surface area contributed by atoms with Gasteiger partial charge in [-0.15, -0.1) is 0 Å². The number of nitrogens with zero attached hydrogens (tertiary/aromatic N) is 3. The standard InChI is InChI=1S/C26H33F3N4O4/c1-7-16(8-15(2)32(5)6)22(13-31(3)4)33-12-19(24(35)25(36)23(33)14-34)26(37)30-11-18-20(28)9-17(27)10-21(18)29/h9-10,12,14,16,22,36H,2,7-8,11,13H2,1,3-6H3,(H,30,37). The van der Waals surface area contributed by atoms with E-state index in [1.54, 1.807) is 0 Å². The van der Waals surface area contributed by atoms with E-state index in [9.17, 15) is 32.7 Å². The zero-order valence-electron chi connectivity index (χ0n) is 21.6. The van der Waals surface area contributed by atoms with E-state index in [1.165, 1.54) is 10.8 Å². The number of amides is 1. The highest BCUT2D eigenvalue weighted by molar-refractivity contribution is 5.95. The van der Waals surface area contributed by atoms with E-state index in [2.05, 4.69) is 11.9 Å². The molecule has 2 aromatic rings. The summed E-state index contributed by atoms with van der Waals surface area (Å²) in [5.74, 6) is -5.55. The first-order valence-electron chi connectivity index (χ1n) is 11.7. The smallest absolute Gasteiger partial charge is 0.257 e. The lowest BCUT2D eigenvalue weighted by Gasteiger charge is -2.34. The fourth-order valence-corrected chi connectivity index (χ4v) is 4.07. The monoisotopic (exact) mass is 522 g/mol.